The van der Waals surface area contributed by atoms with E-state index in [1.807, 2.05) is 0 Å². The second kappa shape index (κ2) is 17.2. The van der Waals surface area contributed by atoms with E-state index < -0.39 is 37.5 Å². The smallest absolute Gasteiger partial charge is 0.303 e. The maximum atomic E-state index is 10.4. The van der Waals surface area contributed by atoms with Gasteiger partial charge in [0, 0.05) is 13.3 Å². The average molecular weight is 382 g/mol. The summed E-state index contributed by atoms with van der Waals surface area (Å²) in [5, 5.41) is 37.9. The second-order valence-corrected chi connectivity index (χ2v) is 5.59. The fourth-order valence-electron chi connectivity index (χ4n) is 1.80. The minimum Gasteiger partial charge on any atom is -0.481 e. The van der Waals surface area contributed by atoms with Crippen molar-refractivity contribution >= 4 is 5.97 Å². The zero-order chi connectivity index (χ0) is 24.6. The van der Waals surface area contributed by atoms with Crippen LogP contribution in [0.5, 0.6) is 0 Å². The van der Waals surface area contributed by atoms with Gasteiger partial charge in [0.15, 0.2) is 0 Å². The van der Waals surface area contributed by atoms with Crippen molar-refractivity contribution in [1.29, 1.82) is 0 Å². The van der Waals surface area contributed by atoms with E-state index in [0.29, 0.717) is 6.42 Å². The highest BCUT2D eigenvalue weighted by molar-refractivity contribution is 5.66. The Morgan fingerprint density at radius 1 is 0.926 bits per heavy atom. The molecule has 0 aliphatic heterocycles. The van der Waals surface area contributed by atoms with Crippen molar-refractivity contribution in [3.05, 3.63) is 72.9 Å². The van der Waals surface area contributed by atoms with E-state index in [2.05, 4.69) is 0 Å². The third-order valence-electron chi connectivity index (χ3n) is 3.24. The first-order valence-electron chi connectivity index (χ1n) is 11.1. The van der Waals surface area contributed by atoms with Gasteiger partial charge in [0.2, 0.25) is 0 Å². The molecule has 0 saturated carbocycles. The molecule has 0 aliphatic rings. The molecule has 5 heteroatoms. The van der Waals surface area contributed by atoms with Crippen LogP contribution in [-0.2, 0) is 4.79 Å². The normalized spacial score (nSPS) is 20.3. The predicted octanol–water partition coefficient (Wildman–Crippen LogP) is 3.46. The average Bonchev–Trinajstić information content (AvgIpc) is 2.68. The van der Waals surface area contributed by atoms with Gasteiger partial charge in [-0.25, -0.2) is 0 Å². The fourth-order valence-corrected chi connectivity index (χ4v) is 1.80. The highest BCUT2D eigenvalue weighted by atomic mass is 16.4. The first-order valence-corrected chi connectivity index (χ1v) is 8.64. The summed E-state index contributed by atoms with van der Waals surface area (Å²) in [5.41, 5.74) is 0. The van der Waals surface area contributed by atoms with E-state index in [4.69, 9.17) is 12.0 Å². The van der Waals surface area contributed by atoms with E-state index in [-0.39, 0.29) is 19.3 Å². The summed E-state index contributed by atoms with van der Waals surface area (Å²) in [5.74, 6) is -0.892. The Hall–Kier alpha value is -2.21. The minimum atomic E-state index is -2.76. The third kappa shape index (κ3) is 17.0. The molecule has 0 unspecified atom stereocenters. The zero-order valence-electron chi connectivity index (χ0n) is 20.2. The van der Waals surface area contributed by atoms with E-state index in [1.54, 1.807) is 48.6 Å². The maximum absolute atomic E-state index is 10.4. The molecular formula is C22H32O5. The van der Waals surface area contributed by atoms with E-state index in [1.165, 1.54) is 18.2 Å². The molecule has 0 fully saturated rings. The molecule has 0 aromatic heterocycles. The van der Waals surface area contributed by atoms with E-state index in [9.17, 15) is 20.1 Å². The topological polar surface area (TPSA) is 98.0 Å². The molecule has 0 spiro atoms. The van der Waals surface area contributed by atoms with Gasteiger partial charge in [-0.1, -0.05) is 79.8 Å². The van der Waals surface area contributed by atoms with Gasteiger partial charge in [-0.15, -0.1) is 0 Å². The highest BCUT2D eigenvalue weighted by Crippen LogP contribution is 2.03. The predicted molar refractivity (Wildman–Crippen MR) is 109 cm³/mol. The van der Waals surface area contributed by atoms with Crippen LogP contribution in [0, 0.1) is 0 Å². The Morgan fingerprint density at radius 3 is 2.22 bits per heavy atom. The van der Waals surface area contributed by atoms with Crippen molar-refractivity contribution in [3.8, 4) is 0 Å². The first-order chi connectivity index (χ1) is 14.9. The highest BCUT2D eigenvalue weighted by Gasteiger charge is 2.10. The van der Waals surface area contributed by atoms with Crippen LogP contribution in [0.15, 0.2) is 72.9 Å². The molecule has 150 valence electrons. The number of hydrogen-bond donors (Lipinski definition) is 4. The lowest BCUT2D eigenvalue weighted by Gasteiger charge is -2.11. The van der Waals surface area contributed by atoms with Crippen LogP contribution in [0.4, 0.5) is 0 Å². The summed E-state index contributed by atoms with van der Waals surface area (Å²) in [4.78, 5) is 10.4. The number of carboxylic acids is 1. The first kappa shape index (κ1) is 16.9. The Labute approximate surface area is 169 Å². The lowest BCUT2D eigenvalue weighted by atomic mass is 10.1. The van der Waals surface area contributed by atoms with Crippen LogP contribution in [0.2, 0.25) is 0 Å². The van der Waals surface area contributed by atoms with Crippen molar-refractivity contribution in [2.75, 3.05) is 0 Å². The summed E-state index contributed by atoms with van der Waals surface area (Å²) in [6.07, 6.45) is 13.4. The minimum absolute atomic E-state index is 0.0178. The molecule has 0 bridgehead atoms. The van der Waals surface area contributed by atoms with Crippen molar-refractivity contribution in [2.24, 2.45) is 0 Å². The molecule has 4 N–H and O–H groups in total. The molecule has 0 radical (unpaired) electrons. The van der Waals surface area contributed by atoms with E-state index in [0.717, 1.165) is 6.08 Å². The van der Waals surface area contributed by atoms with Crippen LogP contribution >= 0.6 is 0 Å². The van der Waals surface area contributed by atoms with Crippen LogP contribution in [-0.4, -0.2) is 44.7 Å². The van der Waals surface area contributed by atoms with Crippen LogP contribution in [0.1, 0.15) is 45.8 Å². The molecule has 5 nitrogen and oxygen atoms in total. The number of aliphatic hydroxyl groups excluding tert-OH is 3. The van der Waals surface area contributed by atoms with Crippen LogP contribution in [0.3, 0.4) is 0 Å². The standard InChI is InChI=1S/C22H32O5/c1-2-3-9-14-19(23)15-10-6-4-5-7-11-16-20(24)21(25)17-12-8-13-18-22(26)27/h3-12,15-16,19-21,23-25H,2,13-14,17-18H2,1H3,(H,26,27)/b6-4-,7-5+,9-3-,12-8-,15-10+,16-11+/t19-,20+,21-/m0/s1/i1D3,2D2. The van der Waals surface area contributed by atoms with Crippen LogP contribution < -0.4 is 0 Å². The summed E-state index contributed by atoms with van der Waals surface area (Å²) in [6.45, 7) is -2.76. The van der Waals surface area contributed by atoms with Crippen molar-refractivity contribution < 1.29 is 32.1 Å². The SMILES string of the molecule is [2H]C([2H])([2H])C([2H])([2H])/C=C\C[C@H](O)/C=C/C=C\C=C\C=C\[C@@H](O)[C@@H](O)C/C=C\CCC(=O)O. The van der Waals surface area contributed by atoms with Crippen molar-refractivity contribution in [3.63, 3.8) is 0 Å². The van der Waals surface area contributed by atoms with Crippen LogP contribution in [0.25, 0.3) is 0 Å². The quantitative estimate of drug-likeness (QED) is 0.273. The van der Waals surface area contributed by atoms with Gasteiger partial charge < -0.3 is 20.4 Å². The largest absolute Gasteiger partial charge is 0.481 e. The van der Waals surface area contributed by atoms with Gasteiger partial charge >= 0.3 is 5.97 Å². The fraction of sp³-hybridized carbons (Fsp3) is 0.409. The summed E-state index contributed by atoms with van der Waals surface area (Å²) in [6, 6.07) is 0. The number of aliphatic hydroxyl groups is 3. The molecule has 0 aromatic rings. The van der Waals surface area contributed by atoms with Gasteiger partial charge in [-0.05, 0) is 25.6 Å². The Bertz CT molecular complexity index is 721. The molecule has 27 heavy (non-hydrogen) atoms. The summed E-state index contributed by atoms with van der Waals surface area (Å²) < 4.78 is 36.1. The maximum Gasteiger partial charge on any atom is 0.303 e. The molecule has 0 amide bonds. The number of rotatable bonds is 14. The third-order valence-corrected chi connectivity index (χ3v) is 3.24. The molecule has 3 atom stereocenters. The Balaban J connectivity index is 4.27. The van der Waals surface area contributed by atoms with Crippen molar-refractivity contribution in [1.82, 2.24) is 0 Å². The lowest BCUT2D eigenvalue weighted by molar-refractivity contribution is -0.136. The van der Waals surface area contributed by atoms with Gasteiger partial charge in [0.1, 0.15) is 0 Å². The number of carbonyl (C=O) groups is 1. The summed E-state index contributed by atoms with van der Waals surface area (Å²) >= 11 is 0. The number of carboxylic acid groups (broad SMARTS) is 1. The van der Waals surface area contributed by atoms with Gasteiger partial charge in [0.25, 0.3) is 0 Å². The zero-order valence-corrected chi connectivity index (χ0v) is 15.2. The number of aliphatic carboxylic acids is 1. The van der Waals surface area contributed by atoms with Gasteiger partial charge in [-0.3, -0.25) is 4.79 Å². The second-order valence-electron chi connectivity index (χ2n) is 5.59. The molecule has 0 saturated heterocycles. The molecule has 0 heterocycles. The van der Waals surface area contributed by atoms with E-state index >= 15 is 0 Å². The monoisotopic (exact) mass is 381 g/mol. The summed E-state index contributed by atoms with van der Waals surface area (Å²) in [7, 11) is 0. The lowest BCUT2D eigenvalue weighted by Crippen LogP contribution is -2.22. The number of allylic oxidation sites excluding steroid dienone is 8. The molecule has 0 aromatic carbocycles. The van der Waals surface area contributed by atoms with Crippen molar-refractivity contribution in [2.45, 2.75) is 57.2 Å². The molecule has 0 rings (SSSR count). The number of hydrogen-bond acceptors (Lipinski definition) is 4. The Morgan fingerprint density at radius 2 is 1.56 bits per heavy atom. The van der Waals surface area contributed by atoms with Gasteiger partial charge in [0.05, 0.1) is 18.3 Å². The molecular weight excluding hydrogens is 344 g/mol. The Kier molecular flexibility index (Phi) is 10.8. The molecule has 0 aliphatic carbocycles. The van der Waals surface area contributed by atoms with Gasteiger partial charge in [-0.2, -0.15) is 0 Å².